The number of anilines is 1. The van der Waals surface area contributed by atoms with Gasteiger partial charge in [-0.05, 0) is 91.8 Å². The molecule has 2 aromatic carbocycles. The van der Waals surface area contributed by atoms with Crippen LogP contribution in [0, 0.1) is 17.8 Å². The Labute approximate surface area is 328 Å². The van der Waals surface area contributed by atoms with Crippen LogP contribution in [0.2, 0.25) is 5.02 Å². The summed E-state index contributed by atoms with van der Waals surface area (Å²) in [6.45, 7) is 11.3. The zero-order chi connectivity index (χ0) is 38.2. The van der Waals surface area contributed by atoms with Gasteiger partial charge in [0.05, 0.1) is 24.1 Å². The van der Waals surface area contributed by atoms with E-state index in [9.17, 15) is 13.8 Å². The summed E-state index contributed by atoms with van der Waals surface area (Å²) in [7, 11) is 2.08. The lowest BCUT2D eigenvalue weighted by Crippen LogP contribution is -2.58. The summed E-state index contributed by atoms with van der Waals surface area (Å²) in [4.78, 5) is 32.5. The molecule has 7 atom stereocenters. The third-order valence-corrected chi connectivity index (χ3v) is 14.8. The van der Waals surface area contributed by atoms with Crippen LogP contribution in [0.25, 0.3) is 0 Å². The fourth-order valence-corrected chi connectivity index (χ4v) is 10.6. The molecule has 1 N–H and O–H groups in total. The van der Waals surface area contributed by atoms with Crippen molar-refractivity contribution in [1.29, 1.82) is 0 Å². The molecule has 5 aliphatic rings. The van der Waals surface area contributed by atoms with E-state index in [-0.39, 0.29) is 35.0 Å². The van der Waals surface area contributed by atoms with Crippen LogP contribution in [0.5, 0.6) is 5.75 Å². The number of halogens is 1. The van der Waals surface area contributed by atoms with Gasteiger partial charge in [0, 0.05) is 76.2 Å². The van der Waals surface area contributed by atoms with Gasteiger partial charge in [0.2, 0.25) is 0 Å². The van der Waals surface area contributed by atoms with Crippen molar-refractivity contribution in [1.82, 2.24) is 14.5 Å². The number of likely N-dealkylation sites (N-methyl/N-ethyl adjacent to an activating group) is 1. The molecular formula is C42H57ClN4O6S. The topological polar surface area (TPSA) is 101 Å². The first-order valence-corrected chi connectivity index (χ1v) is 21.4. The molecule has 2 aromatic rings. The molecule has 2 bridgehead atoms. The van der Waals surface area contributed by atoms with E-state index < -0.39 is 22.2 Å². The van der Waals surface area contributed by atoms with Gasteiger partial charge in [-0.2, -0.15) is 0 Å². The number of carbonyl (C=O) groups is 2. The van der Waals surface area contributed by atoms with Crippen molar-refractivity contribution < 1.29 is 28.0 Å². The average Bonchev–Trinajstić information content (AvgIpc) is 3.30. The van der Waals surface area contributed by atoms with E-state index in [0.29, 0.717) is 31.1 Å². The van der Waals surface area contributed by atoms with Crippen LogP contribution >= 0.6 is 11.6 Å². The molecule has 12 heteroatoms. The molecule has 4 aliphatic heterocycles. The van der Waals surface area contributed by atoms with E-state index in [2.05, 4.69) is 52.7 Å². The standard InChI is InChI=1S/C42H57ClN4O6S/c1-6-8-30-21-34(43)12-13-35(30)33-24-47-23-32-10-14-36(32)42(51-5,27-46-19-17-41(18-20-46)26-45(4)40(49)53-41)16-7-9-28(2)29(3)54(50)44-39(48)31-11-15-38(52-25-33)37(47)22-31/h7,11-13,15-16,21-22,28-29,32-33,36H,6,8-10,14,17-20,23-27H2,1-5H3,(H,44,48)/b16-7+. The molecule has 0 aromatic heterocycles. The molecule has 1 saturated carbocycles. The molecule has 1 aliphatic carbocycles. The van der Waals surface area contributed by atoms with Gasteiger partial charge in [-0.3, -0.25) is 14.4 Å². The second-order valence-electron chi connectivity index (χ2n) is 16.5. The van der Waals surface area contributed by atoms with E-state index in [1.54, 1.807) is 11.0 Å². The Hall–Kier alpha value is -3.12. The van der Waals surface area contributed by atoms with Gasteiger partial charge in [-0.15, -0.1) is 0 Å². The molecule has 7 unspecified atom stereocenters. The first-order chi connectivity index (χ1) is 25.9. The van der Waals surface area contributed by atoms with E-state index in [4.69, 9.17) is 25.8 Å². The van der Waals surface area contributed by atoms with Gasteiger partial charge in [0.1, 0.15) is 27.9 Å². The SMILES string of the molecule is CCCc1cc(Cl)ccc1C1COc2ccc3cc2N(C1)CC1CCC1C(CN1CCC2(CC1)CN(C)C(=O)O2)(OC)/C=C/CC(C)C(C)S(=O)NC3=O. The third-order valence-electron chi connectivity index (χ3n) is 13.0. The minimum Gasteiger partial charge on any atom is -0.491 e. The van der Waals surface area contributed by atoms with Crippen LogP contribution in [0.15, 0.2) is 48.6 Å². The van der Waals surface area contributed by atoms with Crippen LogP contribution in [0.1, 0.15) is 86.7 Å². The van der Waals surface area contributed by atoms with Gasteiger partial charge < -0.3 is 24.0 Å². The smallest absolute Gasteiger partial charge is 0.410 e. The number of methoxy groups -OCH3 is 1. The van der Waals surface area contributed by atoms with Crippen molar-refractivity contribution in [3.8, 4) is 5.75 Å². The number of ether oxygens (including phenoxy) is 3. The number of fused-ring (bicyclic) bond motifs is 2. The number of nitrogens with one attached hydrogen (secondary N) is 1. The summed E-state index contributed by atoms with van der Waals surface area (Å²) < 4.78 is 35.5. The Balaban J connectivity index is 1.23. The molecule has 3 fully saturated rings. The van der Waals surface area contributed by atoms with Crippen molar-refractivity contribution in [2.24, 2.45) is 17.8 Å². The van der Waals surface area contributed by atoms with Gasteiger partial charge >= 0.3 is 6.09 Å². The third kappa shape index (κ3) is 7.93. The number of hydrogen-bond donors (Lipinski definition) is 1. The first kappa shape index (κ1) is 39.1. The van der Waals surface area contributed by atoms with E-state index in [1.165, 1.54) is 11.1 Å². The summed E-state index contributed by atoms with van der Waals surface area (Å²) in [5, 5.41) is 0.479. The van der Waals surface area contributed by atoms with E-state index in [1.807, 2.05) is 39.3 Å². The van der Waals surface area contributed by atoms with Crippen LogP contribution in [-0.4, -0.2) is 102 Å². The molecule has 7 rings (SSSR count). The van der Waals surface area contributed by atoms with Crippen LogP contribution in [0.3, 0.4) is 0 Å². The molecule has 294 valence electrons. The van der Waals surface area contributed by atoms with Crippen LogP contribution in [-0.2, 0) is 26.9 Å². The second kappa shape index (κ2) is 16.2. The number of allylic oxidation sites excluding steroid dienone is 1. The maximum atomic E-state index is 13.6. The van der Waals surface area contributed by atoms with Crippen molar-refractivity contribution in [2.75, 3.05) is 64.9 Å². The molecule has 10 nitrogen and oxygen atoms in total. The Morgan fingerprint density at radius 3 is 2.56 bits per heavy atom. The molecule has 0 radical (unpaired) electrons. The highest BCUT2D eigenvalue weighted by atomic mass is 35.5. The molecule has 2 saturated heterocycles. The number of likely N-dealkylation sites (tertiary alicyclic amines) is 1. The Bertz CT molecular complexity index is 1770. The van der Waals surface area contributed by atoms with Gasteiger partial charge in [0.25, 0.3) is 5.91 Å². The second-order valence-corrected chi connectivity index (χ2v) is 18.5. The fourth-order valence-electron chi connectivity index (χ4n) is 9.39. The van der Waals surface area contributed by atoms with Crippen molar-refractivity contribution >= 4 is 40.3 Å². The molecule has 1 spiro atoms. The lowest BCUT2D eigenvalue weighted by atomic mass is 9.63. The quantitative estimate of drug-likeness (QED) is 0.314. The van der Waals surface area contributed by atoms with E-state index >= 15 is 0 Å². The number of piperidine rings is 1. The molecule has 4 heterocycles. The van der Waals surface area contributed by atoms with E-state index in [0.717, 1.165) is 87.7 Å². The molecular weight excluding hydrogens is 724 g/mol. The number of hydrogen-bond acceptors (Lipinski definition) is 8. The van der Waals surface area contributed by atoms with Gasteiger partial charge in [-0.25, -0.2) is 9.00 Å². The number of rotatable bonds is 6. The number of carbonyl (C=O) groups excluding carboxylic acids is 2. The van der Waals surface area contributed by atoms with Crippen molar-refractivity contribution in [3.05, 3.63) is 70.3 Å². The monoisotopic (exact) mass is 780 g/mol. The molecule has 2 amide bonds. The summed E-state index contributed by atoms with van der Waals surface area (Å²) >= 11 is 6.50. The Kier molecular flexibility index (Phi) is 11.7. The van der Waals surface area contributed by atoms with Crippen molar-refractivity contribution in [3.63, 3.8) is 0 Å². The van der Waals surface area contributed by atoms with Gasteiger partial charge in [0.15, 0.2) is 0 Å². The summed E-state index contributed by atoms with van der Waals surface area (Å²) in [6.07, 6.45) is 10.6. The van der Waals surface area contributed by atoms with Crippen molar-refractivity contribution in [2.45, 2.75) is 88.1 Å². The van der Waals surface area contributed by atoms with Crippen LogP contribution < -0.4 is 14.4 Å². The number of amides is 2. The Morgan fingerprint density at radius 2 is 1.87 bits per heavy atom. The predicted octanol–water partition coefficient (Wildman–Crippen LogP) is 6.98. The summed E-state index contributed by atoms with van der Waals surface area (Å²) in [6, 6.07) is 11.8. The highest BCUT2D eigenvalue weighted by Gasteiger charge is 2.51. The number of aryl methyl sites for hydroxylation is 1. The number of benzene rings is 2. The summed E-state index contributed by atoms with van der Waals surface area (Å²) in [5.41, 5.74) is 2.90. The average molecular weight is 781 g/mol. The predicted molar refractivity (Wildman–Crippen MR) is 214 cm³/mol. The van der Waals surface area contributed by atoms with Crippen LogP contribution in [0.4, 0.5) is 10.5 Å². The molecule has 54 heavy (non-hydrogen) atoms. The maximum absolute atomic E-state index is 13.6. The fraction of sp³-hybridized carbons (Fsp3) is 0.619. The maximum Gasteiger partial charge on any atom is 0.410 e. The first-order valence-electron chi connectivity index (χ1n) is 19.8. The zero-order valence-corrected chi connectivity index (χ0v) is 34.1. The normalized spacial score (nSPS) is 32.2. The lowest BCUT2D eigenvalue weighted by molar-refractivity contribution is -0.101. The number of nitrogens with zero attached hydrogens (tertiary/aromatic N) is 3. The highest BCUT2D eigenvalue weighted by molar-refractivity contribution is 7.84. The van der Waals surface area contributed by atoms with Gasteiger partial charge in [-0.1, -0.05) is 50.1 Å². The zero-order valence-electron chi connectivity index (χ0n) is 32.5. The minimum atomic E-state index is -1.58. The minimum absolute atomic E-state index is 0.0595. The highest BCUT2D eigenvalue weighted by Crippen LogP contribution is 2.48. The lowest BCUT2D eigenvalue weighted by Gasteiger charge is -2.52. The Morgan fingerprint density at radius 1 is 1.07 bits per heavy atom. The largest absolute Gasteiger partial charge is 0.491 e. The summed E-state index contributed by atoms with van der Waals surface area (Å²) in [5.74, 6) is 1.13.